The van der Waals surface area contributed by atoms with Crippen LogP contribution in [-0.2, 0) is 17.8 Å². The summed E-state index contributed by atoms with van der Waals surface area (Å²) in [6.07, 6.45) is 0.654. The Kier molecular flexibility index (Phi) is 7.50. The number of carbonyl (C=O) groups is 1. The van der Waals surface area contributed by atoms with Crippen molar-refractivity contribution in [2.24, 2.45) is 0 Å². The summed E-state index contributed by atoms with van der Waals surface area (Å²) in [7, 11) is 1.60. The van der Waals surface area contributed by atoms with Crippen molar-refractivity contribution in [1.29, 1.82) is 0 Å². The average molecular weight is 498 g/mol. The fraction of sp³-hybridized carbons (Fsp3) is 0.154. The summed E-state index contributed by atoms with van der Waals surface area (Å²) in [6.45, 7) is 0.285. The van der Waals surface area contributed by atoms with Gasteiger partial charge in [-0.1, -0.05) is 47.5 Å². The van der Waals surface area contributed by atoms with Crippen LogP contribution in [0.4, 0.5) is 4.39 Å². The van der Waals surface area contributed by atoms with E-state index in [1.807, 2.05) is 42.5 Å². The zero-order chi connectivity index (χ0) is 24.1. The van der Waals surface area contributed by atoms with E-state index in [2.05, 4.69) is 5.32 Å². The fourth-order valence-electron chi connectivity index (χ4n) is 3.53. The van der Waals surface area contributed by atoms with Gasteiger partial charge in [-0.2, -0.15) is 5.10 Å². The number of ether oxygens (including phenoxy) is 1. The molecule has 4 aromatic rings. The topological polar surface area (TPSA) is 56.2 Å². The van der Waals surface area contributed by atoms with E-state index in [0.717, 1.165) is 22.7 Å². The van der Waals surface area contributed by atoms with Gasteiger partial charge in [0.15, 0.2) is 0 Å². The number of halogens is 3. The van der Waals surface area contributed by atoms with Crippen molar-refractivity contribution < 1.29 is 13.9 Å². The number of benzene rings is 3. The van der Waals surface area contributed by atoms with Crippen LogP contribution in [0.1, 0.15) is 17.7 Å². The van der Waals surface area contributed by atoms with Crippen LogP contribution in [0.15, 0.2) is 72.8 Å². The highest BCUT2D eigenvalue weighted by Crippen LogP contribution is 2.27. The van der Waals surface area contributed by atoms with E-state index >= 15 is 0 Å². The molecule has 0 atom stereocenters. The number of rotatable bonds is 8. The van der Waals surface area contributed by atoms with E-state index in [0.29, 0.717) is 27.7 Å². The number of aromatic nitrogens is 2. The lowest BCUT2D eigenvalue weighted by molar-refractivity contribution is -0.121. The number of hydrogen-bond donors (Lipinski definition) is 1. The van der Waals surface area contributed by atoms with Gasteiger partial charge < -0.3 is 10.1 Å². The van der Waals surface area contributed by atoms with Crippen LogP contribution in [0.2, 0.25) is 10.0 Å². The normalized spacial score (nSPS) is 10.8. The summed E-state index contributed by atoms with van der Waals surface area (Å²) in [4.78, 5) is 12.4. The Hall–Kier alpha value is -3.35. The molecule has 34 heavy (non-hydrogen) atoms. The molecule has 0 spiro atoms. The molecule has 0 aliphatic carbocycles. The molecule has 3 aromatic carbocycles. The van der Waals surface area contributed by atoms with Crippen LogP contribution in [0, 0.1) is 5.82 Å². The number of methoxy groups -OCH3 is 1. The molecule has 0 saturated heterocycles. The monoisotopic (exact) mass is 497 g/mol. The second-order valence-electron chi connectivity index (χ2n) is 7.63. The van der Waals surface area contributed by atoms with Crippen LogP contribution in [-0.4, -0.2) is 22.8 Å². The summed E-state index contributed by atoms with van der Waals surface area (Å²) in [5.41, 5.74) is 3.68. The van der Waals surface area contributed by atoms with Crippen LogP contribution in [0.3, 0.4) is 0 Å². The molecule has 1 heterocycles. The first-order valence-corrected chi connectivity index (χ1v) is 11.4. The van der Waals surface area contributed by atoms with Gasteiger partial charge in [-0.15, -0.1) is 0 Å². The predicted molar refractivity (Wildman–Crippen MR) is 132 cm³/mol. The number of amides is 1. The fourth-order valence-corrected chi connectivity index (χ4v) is 3.92. The van der Waals surface area contributed by atoms with Crippen LogP contribution >= 0.6 is 23.2 Å². The number of nitrogens with zero attached hydrogens (tertiary/aromatic N) is 2. The quantitative estimate of drug-likeness (QED) is 0.313. The van der Waals surface area contributed by atoms with Crippen LogP contribution in [0.25, 0.3) is 16.9 Å². The molecule has 1 N–H and O–H groups in total. The van der Waals surface area contributed by atoms with Gasteiger partial charge in [-0.05, 0) is 54.1 Å². The lowest BCUT2D eigenvalue weighted by Crippen LogP contribution is -2.23. The molecule has 0 unspecified atom stereocenters. The van der Waals surface area contributed by atoms with Gasteiger partial charge in [0.05, 0.1) is 34.2 Å². The molecule has 0 aliphatic rings. The molecule has 0 aliphatic heterocycles. The van der Waals surface area contributed by atoms with Crippen molar-refractivity contribution >= 4 is 29.1 Å². The van der Waals surface area contributed by atoms with E-state index in [4.69, 9.17) is 33.0 Å². The van der Waals surface area contributed by atoms with Crippen LogP contribution < -0.4 is 10.1 Å². The Morgan fingerprint density at radius 3 is 2.56 bits per heavy atom. The lowest BCUT2D eigenvalue weighted by Gasteiger charge is -2.09. The zero-order valence-electron chi connectivity index (χ0n) is 18.4. The third-order valence-corrected chi connectivity index (χ3v) is 6.17. The summed E-state index contributed by atoms with van der Waals surface area (Å²) >= 11 is 12.2. The molecule has 1 amide bonds. The number of aryl methyl sites for hydroxylation is 1. The van der Waals surface area contributed by atoms with Crippen molar-refractivity contribution in [3.05, 3.63) is 99.9 Å². The molecular formula is C26H22Cl2FN3O2. The molecule has 8 heteroatoms. The molecule has 0 bridgehead atoms. The smallest absolute Gasteiger partial charge is 0.220 e. The molecular weight excluding hydrogens is 476 g/mol. The molecule has 174 valence electrons. The Bertz CT molecular complexity index is 1310. The lowest BCUT2D eigenvalue weighted by atomic mass is 10.1. The minimum absolute atomic E-state index is 0.137. The summed E-state index contributed by atoms with van der Waals surface area (Å²) in [6, 6.07) is 20.9. The Morgan fingerprint density at radius 2 is 1.82 bits per heavy atom. The minimum Gasteiger partial charge on any atom is -0.497 e. The Balaban J connectivity index is 1.51. The molecule has 0 saturated carbocycles. The number of nitrogens with one attached hydrogen (secondary N) is 1. The van der Waals surface area contributed by atoms with E-state index in [1.165, 1.54) is 12.1 Å². The standard InChI is InChI=1S/C26H22Cl2FN3O2/c1-34-22-11-9-21(10-12-22)32-24(17-4-2-6-19(29)14-17)15-20(31-32)8-13-25(33)30-16-18-5-3-7-23(27)26(18)28/h2-7,9-12,14-15H,8,13,16H2,1H3,(H,30,33). The minimum atomic E-state index is -0.333. The van der Waals surface area contributed by atoms with E-state index in [1.54, 1.807) is 30.0 Å². The first-order valence-electron chi connectivity index (χ1n) is 10.6. The third-order valence-electron chi connectivity index (χ3n) is 5.31. The van der Waals surface area contributed by atoms with E-state index in [9.17, 15) is 9.18 Å². The maximum Gasteiger partial charge on any atom is 0.220 e. The summed E-state index contributed by atoms with van der Waals surface area (Å²) in [5.74, 6) is 0.253. The van der Waals surface area contributed by atoms with Gasteiger partial charge in [0.25, 0.3) is 0 Å². The van der Waals surface area contributed by atoms with Gasteiger partial charge >= 0.3 is 0 Å². The number of hydrogen-bond acceptors (Lipinski definition) is 3. The number of carbonyl (C=O) groups excluding carboxylic acids is 1. The highest BCUT2D eigenvalue weighted by Gasteiger charge is 2.14. The predicted octanol–water partition coefficient (Wildman–Crippen LogP) is 6.24. The van der Waals surface area contributed by atoms with Crippen LogP contribution in [0.5, 0.6) is 5.75 Å². The molecule has 0 fully saturated rings. The maximum atomic E-state index is 13.9. The van der Waals surface area contributed by atoms with Crippen molar-refractivity contribution in [2.75, 3.05) is 7.11 Å². The van der Waals surface area contributed by atoms with Crippen molar-refractivity contribution in [3.63, 3.8) is 0 Å². The third kappa shape index (κ3) is 5.58. The van der Waals surface area contributed by atoms with Gasteiger partial charge in [0.1, 0.15) is 11.6 Å². The molecule has 1 aromatic heterocycles. The van der Waals surface area contributed by atoms with Gasteiger partial charge in [-0.25, -0.2) is 9.07 Å². The zero-order valence-corrected chi connectivity index (χ0v) is 19.9. The molecule has 5 nitrogen and oxygen atoms in total. The van der Waals surface area contributed by atoms with Crippen molar-refractivity contribution in [2.45, 2.75) is 19.4 Å². The highest BCUT2D eigenvalue weighted by molar-refractivity contribution is 6.42. The SMILES string of the molecule is COc1ccc(-n2nc(CCC(=O)NCc3cccc(Cl)c3Cl)cc2-c2cccc(F)c2)cc1. The largest absolute Gasteiger partial charge is 0.497 e. The second-order valence-corrected chi connectivity index (χ2v) is 8.42. The first-order chi connectivity index (χ1) is 16.4. The summed E-state index contributed by atoms with van der Waals surface area (Å²) in [5, 5.41) is 8.43. The van der Waals surface area contributed by atoms with E-state index in [-0.39, 0.29) is 24.7 Å². The second kappa shape index (κ2) is 10.7. The Morgan fingerprint density at radius 1 is 1.06 bits per heavy atom. The molecule has 0 radical (unpaired) electrons. The van der Waals surface area contributed by atoms with Crippen molar-refractivity contribution in [1.82, 2.24) is 15.1 Å². The van der Waals surface area contributed by atoms with Crippen molar-refractivity contribution in [3.8, 4) is 22.7 Å². The molecule has 4 rings (SSSR count). The average Bonchev–Trinajstić information content (AvgIpc) is 3.28. The van der Waals surface area contributed by atoms with Gasteiger partial charge in [-0.3, -0.25) is 4.79 Å². The van der Waals surface area contributed by atoms with Gasteiger partial charge in [0, 0.05) is 24.9 Å². The first kappa shape index (κ1) is 23.8. The Labute approximate surface area is 207 Å². The van der Waals surface area contributed by atoms with Gasteiger partial charge in [0.2, 0.25) is 5.91 Å². The van der Waals surface area contributed by atoms with E-state index < -0.39 is 0 Å². The maximum absolute atomic E-state index is 13.9. The summed E-state index contributed by atoms with van der Waals surface area (Å²) < 4.78 is 20.9. The highest BCUT2D eigenvalue weighted by atomic mass is 35.5.